The molecule has 2 aromatic rings. The molecule has 0 atom stereocenters. The quantitative estimate of drug-likeness (QED) is 0.0567. The van der Waals surface area contributed by atoms with Gasteiger partial charge in [0.25, 0.3) is 0 Å². The summed E-state index contributed by atoms with van der Waals surface area (Å²) in [4.78, 5) is 33.2. The van der Waals surface area contributed by atoms with Gasteiger partial charge in [-0.25, -0.2) is 0 Å². The van der Waals surface area contributed by atoms with Gasteiger partial charge in [-0.1, -0.05) is 90.9 Å². The summed E-state index contributed by atoms with van der Waals surface area (Å²) < 4.78 is 2.98. The Kier molecular flexibility index (Phi) is 24.1. The van der Waals surface area contributed by atoms with Crippen molar-refractivity contribution in [3.8, 4) is 24.3 Å². The minimum absolute atomic E-state index is 0.0674. The average molecular weight is 969 g/mol. The molecule has 0 aliphatic carbocycles. The van der Waals surface area contributed by atoms with Gasteiger partial charge in [-0.15, -0.1) is 0 Å². The predicted octanol–water partition coefficient (Wildman–Crippen LogP) is 9.06. The molecule has 0 fully saturated rings. The second-order valence-corrected chi connectivity index (χ2v) is 21.6. The van der Waals surface area contributed by atoms with Crippen LogP contribution in [-0.2, 0) is 9.59 Å². The van der Waals surface area contributed by atoms with Gasteiger partial charge in [-0.05, 0) is 0 Å². The molecule has 2 aliphatic heterocycles. The van der Waals surface area contributed by atoms with Gasteiger partial charge < -0.3 is 0 Å². The van der Waals surface area contributed by atoms with Crippen molar-refractivity contribution in [2.75, 3.05) is 13.1 Å². The summed E-state index contributed by atoms with van der Waals surface area (Å²) in [6, 6.07) is 15.5. The minimum atomic E-state index is -0.427. The number of hydrogen-bond donors (Lipinski definition) is 0. The molecule has 0 spiro atoms. The van der Waals surface area contributed by atoms with Gasteiger partial charge in [0.05, 0.1) is 0 Å². The molecule has 2 aromatic heterocycles. The molecule has 0 radical (unpaired) electrons. The van der Waals surface area contributed by atoms with Gasteiger partial charge in [0, 0.05) is 0 Å². The number of rotatable bonds is 30. The van der Waals surface area contributed by atoms with E-state index in [1.165, 1.54) is 141 Å². The number of amides is 2. The number of carbonyl (C=O) groups excluding carboxylic acids is 2. The monoisotopic (exact) mass is 970 g/mol. The molecule has 0 N–H and O–H groups in total. The van der Waals surface area contributed by atoms with Gasteiger partial charge in [0.1, 0.15) is 0 Å². The number of unbranched alkanes of at least 4 members (excludes halogenated alkanes) is 26. The first kappa shape index (κ1) is 50.8. The van der Waals surface area contributed by atoms with Crippen molar-refractivity contribution < 1.29 is 9.59 Å². The molecule has 10 heteroatoms. The maximum atomic E-state index is 14.8. The van der Waals surface area contributed by atoms with Gasteiger partial charge >= 0.3 is 296 Å². The first-order valence-corrected chi connectivity index (χ1v) is 27.6. The second kappa shape index (κ2) is 29.5. The third-order valence-corrected chi connectivity index (χ3v) is 16.9. The zero-order valence-electron chi connectivity index (χ0n) is 37.8. The molecule has 0 unspecified atom stereocenters. The van der Waals surface area contributed by atoms with Crippen molar-refractivity contribution in [2.45, 2.75) is 194 Å². The Morgan fingerprint density at radius 3 is 0.935 bits per heavy atom. The van der Waals surface area contributed by atoms with E-state index in [0.29, 0.717) is 43.8 Å². The summed E-state index contributed by atoms with van der Waals surface area (Å²) >= 11 is -0.853. The normalized spacial score (nSPS) is 15.2. The molecule has 2 amide bonds. The number of carbonyl (C=O) groups is 2. The standard InChI is InChI=1S/C52H70N6O2Se2/c1-3-5-7-9-11-13-15-17-19-21-23-25-27-29-35-57-49(45-33-31-43(61-45)41(37-53)38-54)47-48(51(57)59)50(46-34-32-44(62-46)42(39-55)40-56)58(52(47)60)36-30-28-26-24-22-20-18-16-14-12-10-8-6-4-2/h31-34H,3-30,35-36H2,1-2H3/b49-45+,50-46+. The predicted molar refractivity (Wildman–Crippen MR) is 252 cm³/mol. The first-order chi connectivity index (χ1) is 30.4. The molecule has 0 bridgehead atoms. The summed E-state index contributed by atoms with van der Waals surface area (Å²) in [6.07, 6.45) is 34.6. The van der Waals surface area contributed by atoms with Crippen molar-refractivity contribution >= 4 is 63.4 Å². The van der Waals surface area contributed by atoms with E-state index in [1.54, 1.807) is 21.9 Å². The molecule has 332 valence electrons. The summed E-state index contributed by atoms with van der Waals surface area (Å²) in [5.74, 6) is -0.359. The molecular formula is C52H70N6O2Se2. The fraction of sp³-hybridized carbons (Fsp3) is 0.615. The van der Waals surface area contributed by atoms with Crippen LogP contribution in [0.25, 0.3) is 22.5 Å². The second-order valence-electron chi connectivity index (χ2n) is 17.1. The van der Waals surface area contributed by atoms with Crippen molar-refractivity contribution in [3.05, 3.63) is 51.8 Å². The molecule has 4 heterocycles. The van der Waals surface area contributed by atoms with Crippen molar-refractivity contribution in [1.29, 1.82) is 21.0 Å². The van der Waals surface area contributed by atoms with Crippen LogP contribution in [-0.4, -0.2) is 63.7 Å². The maximum absolute atomic E-state index is 14.8. The molecule has 2 aliphatic rings. The van der Waals surface area contributed by atoms with E-state index >= 15 is 0 Å². The number of nitrogens with zero attached hydrogens (tertiary/aromatic N) is 6. The van der Waals surface area contributed by atoms with Crippen LogP contribution < -0.4 is 16.4 Å². The third kappa shape index (κ3) is 15.1. The van der Waals surface area contributed by atoms with Crippen LogP contribution in [0.15, 0.2) is 35.4 Å². The van der Waals surface area contributed by atoms with Gasteiger partial charge in [0.15, 0.2) is 0 Å². The van der Waals surface area contributed by atoms with Gasteiger partial charge in [-0.2, -0.15) is 0 Å². The first-order valence-electron chi connectivity index (χ1n) is 24.1. The summed E-state index contributed by atoms with van der Waals surface area (Å²) in [5.41, 5.74) is 2.25. The summed E-state index contributed by atoms with van der Waals surface area (Å²) in [7, 11) is 0. The fourth-order valence-electron chi connectivity index (χ4n) is 8.73. The average Bonchev–Trinajstić information content (AvgIpc) is 4.07. The molecule has 0 saturated heterocycles. The fourth-order valence-corrected chi connectivity index (χ4v) is 13.0. The Hall–Kier alpha value is -3.88. The van der Waals surface area contributed by atoms with E-state index in [-0.39, 0.29) is 23.0 Å². The number of nitriles is 4. The summed E-state index contributed by atoms with van der Waals surface area (Å²) in [5, 5.41) is 38.7. The molecule has 4 rings (SSSR count). The Bertz CT molecular complexity index is 2030. The third-order valence-electron chi connectivity index (χ3n) is 12.3. The van der Waals surface area contributed by atoms with E-state index in [1.807, 2.05) is 36.4 Å². The molecular weight excluding hydrogens is 899 g/mol. The Labute approximate surface area is 384 Å². The van der Waals surface area contributed by atoms with E-state index in [4.69, 9.17) is 0 Å². The molecule has 0 saturated carbocycles. The zero-order chi connectivity index (χ0) is 44.4. The van der Waals surface area contributed by atoms with Crippen LogP contribution in [0, 0.1) is 45.3 Å². The van der Waals surface area contributed by atoms with Crippen molar-refractivity contribution in [3.63, 3.8) is 0 Å². The van der Waals surface area contributed by atoms with Crippen molar-refractivity contribution in [2.24, 2.45) is 0 Å². The van der Waals surface area contributed by atoms with Crippen LogP contribution >= 0.6 is 0 Å². The van der Waals surface area contributed by atoms with Crippen LogP contribution in [0.3, 0.4) is 0 Å². The Morgan fingerprint density at radius 1 is 0.419 bits per heavy atom. The zero-order valence-corrected chi connectivity index (χ0v) is 41.3. The molecule has 0 aromatic carbocycles. The number of hydrogen-bond acceptors (Lipinski definition) is 6. The van der Waals surface area contributed by atoms with Crippen LogP contribution in [0.4, 0.5) is 0 Å². The van der Waals surface area contributed by atoms with E-state index in [0.717, 1.165) is 46.7 Å². The SMILES string of the molecule is CCCCCCCCCCCCCCCCN1C(=O)C2=C(C(=O)N(CCCCCCCCCCCCCCCC)/C2=c2\ccc(=C(C#N)C#N)[se]2)/C1=c1/ccc(=C(C#N)C#N)[se]1. The van der Waals surface area contributed by atoms with Crippen LogP contribution in [0.2, 0.25) is 0 Å². The van der Waals surface area contributed by atoms with E-state index in [2.05, 4.69) is 13.8 Å². The van der Waals surface area contributed by atoms with Gasteiger partial charge in [-0.3, -0.25) is 0 Å². The Morgan fingerprint density at radius 2 is 0.677 bits per heavy atom. The van der Waals surface area contributed by atoms with E-state index in [9.17, 15) is 30.6 Å². The van der Waals surface area contributed by atoms with E-state index < -0.39 is 29.0 Å². The topological polar surface area (TPSA) is 136 Å². The summed E-state index contributed by atoms with van der Waals surface area (Å²) in [6.45, 7) is 5.50. The van der Waals surface area contributed by atoms with Crippen LogP contribution in [0.1, 0.15) is 194 Å². The molecule has 8 nitrogen and oxygen atoms in total. The van der Waals surface area contributed by atoms with Gasteiger partial charge in [0.2, 0.25) is 0 Å². The molecule has 62 heavy (non-hydrogen) atoms. The Balaban J connectivity index is 1.48. The van der Waals surface area contributed by atoms with Crippen molar-refractivity contribution in [1.82, 2.24) is 9.80 Å². The van der Waals surface area contributed by atoms with Crippen LogP contribution in [0.5, 0.6) is 0 Å².